The molecular formula is C17H24N4O. The van der Waals surface area contributed by atoms with Crippen LogP contribution in [0, 0.1) is 23.7 Å². The van der Waals surface area contributed by atoms with Crippen LogP contribution in [0.5, 0.6) is 0 Å². The number of nitrogens with zero attached hydrogens (tertiary/aromatic N) is 2. The number of carbonyl (C=O) groups is 1. The molecule has 5 heteroatoms. The van der Waals surface area contributed by atoms with Crippen molar-refractivity contribution in [1.29, 1.82) is 0 Å². The molecule has 0 spiro atoms. The Balaban J connectivity index is 1.68. The van der Waals surface area contributed by atoms with Crippen molar-refractivity contribution in [2.45, 2.75) is 32.7 Å². The molecule has 2 saturated carbocycles. The quantitative estimate of drug-likeness (QED) is 0.642. The van der Waals surface area contributed by atoms with Crippen LogP contribution in [0.25, 0.3) is 0 Å². The van der Waals surface area contributed by atoms with Gasteiger partial charge < -0.3 is 11.1 Å². The molecular weight excluding hydrogens is 276 g/mol. The first-order chi connectivity index (χ1) is 10.7. The highest BCUT2D eigenvalue weighted by Gasteiger charge is 2.52. The van der Waals surface area contributed by atoms with Crippen LogP contribution in [-0.4, -0.2) is 23.3 Å². The Labute approximate surface area is 131 Å². The second-order valence-electron chi connectivity index (χ2n) is 6.36. The summed E-state index contributed by atoms with van der Waals surface area (Å²) >= 11 is 0. The van der Waals surface area contributed by atoms with Gasteiger partial charge in [0.25, 0.3) is 0 Å². The lowest BCUT2D eigenvalue weighted by Gasteiger charge is -2.29. The Morgan fingerprint density at radius 1 is 1.41 bits per heavy atom. The van der Waals surface area contributed by atoms with Crippen molar-refractivity contribution >= 4 is 11.7 Å². The number of aliphatic imine (C=N–C) groups is 1. The molecule has 2 aliphatic rings. The fourth-order valence-electron chi connectivity index (χ4n) is 4.19. The van der Waals surface area contributed by atoms with E-state index in [-0.39, 0.29) is 17.7 Å². The largest absolute Gasteiger partial charge is 0.387 e. The van der Waals surface area contributed by atoms with Gasteiger partial charge >= 0.3 is 0 Å². The molecule has 0 saturated heterocycles. The molecule has 118 valence electrons. The molecule has 2 bridgehead atoms. The lowest BCUT2D eigenvalue weighted by Crippen LogP contribution is -2.43. The smallest absolute Gasteiger partial charge is 0.224 e. The van der Waals surface area contributed by atoms with E-state index in [9.17, 15) is 4.79 Å². The van der Waals surface area contributed by atoms with Gasteiger partial charge in [-0.1, -0.05) is 6.07 Å². The van der Waals surface area contributed by atoms with Crippen molar-refractivity contribution in [2.75, 3.05) is 6.54 Å². The zero-order valence-corrected chi connectivity index (χ0v) is 13.0. The summed E-state index contributed by atoms with van der Waals surface area (Å²) in [4.78, 5) is 21.1. The third-order valence-electron chi connectivity index (χ3n) is 5.09. The lowest BCUT2D eigenvalue weighted by atomic mass is 9.78. The minimum absolute atomic E-state index is 0.00859. The average Bonchev–Trinajstić information content (AvgIpc) is 3.14. The van der Waals surface area contributed by atoms with Gasteiger partial charge in [0.1, 0.15) is 0 Å². The minimum Gasteiger partial charge on any atom is -0.387 e. The Kier molecular flexibility index (Phi) is 4.41. The molecule has 3 rings (SSSR count). The van der Waals surface area contributed by atoms with E-state index in [4.69, 9.17) is 5.73 Å². The SMILES string of the molecule is CCN=C(N)[C@@H]1C2CCC(C2)C1C(=O)NCc1cccnc1. The van der Waals surface area contributed by atoms with Crippen LogP contribution in [-0.2, 0) is 11.3 Å². The summed E-state index contributed by atoms with van der Waals surface area (Å²) in [5.41, 5.74) is 7.19. The number of hydrogen-bond donors (Lipinski definition) is 2. The number of carbonyl (C=O) groups excluding carboxylic acids is 1. The fraction of sp³-hybridized carbons (Fsp3) is 0.588. The fourth-order valence-corrected chi connectivity index (χ4v) is 4.19. The van der Waals surface area contributed by atoms with Crippen LogP contribution in [0.4, 0.5) is 0 Å². The summed E-state index contributed by atoms with van der Waals surface area (Å²) in [6, 6.07) is 3.85. The number of rotatable bonds is 5. The molecule has 1 aromatic heterocycles. The van der Waals surface area contributed by atoms with Crippen LogP contribution < -0.4 is 11.1 Å². The van der Waals surface area contributed by atoms with Crippen LogP contribution in [0.3, 0.4) is 0 Å². The zero-order chi connectivity index (χ0) is 15.5. The maximum atomic E-state index is 12.7. The molecule has 1 aromatic rings. The van der Waals surface area contributed by atoms with Gasteiger partial charge in [-0.25, -0.2) is 0 Å². The number of amides is 1. The van der Waals surface area contributed by atoms with Crippen molar-refractivity contribution < 1.29 is 4.79 Å². The maximum Gasteiger partial charge on any atom is 0.224 e. The number of nitrogens with one attached hydrogen (secondary N) is 1. The molecule has 0 aliphatic heterocycles. The first kappa shape index (κ1) is 15.0. The van der Waals surface area contributed by atoms with Gasteiger partial charge in [-0.05, 0) is 49.7 Å². The maximum absolute atomic E-state index is 12.7. The molecule has 22 heavy (non-hydrogen) atoms. The topological polar surface area (TPSA) is 80.4 Å². The van der Waals surface area contributed by atoms with Gasteiger partial charge in [0, 0.05) is 31.4 Å². The number of pyridine rings is 1. The lowest BCUT2D eigenvalue weighted by molar-refractivity contribution is -0.127. The van der Waals surface area contributed by atoms with Crippen LogP contribution in [0.15, 0.2) is 29.5 Å². The summed E-state index contributed by atoms with van der Waals surface area (Å²) in [7, 11) is 0. The molecule has 5 nitrogen and oxygen atoms in total. The molecule has 1 heterocycles. The van der Waals surface area contributed by atoms with Gasteiger partial charge in [0.2, 0.25) is 5.91 Å². The van der Waals surface area contributed by atoms with Gasteiger partial charge in [-0.3, -0.25) is 14.8 Å². The van der Waals surface area contributed by atoms with E-state index in [1.54, 1.807) is 12.4 Å². The van der Waals surface area contributed by atoms with Gasteiger partial charge in [0.15, 0.2) is 0 Å². The molecule has 3 N–H and O–H groups in total. The normalized spacial score (nSPS) is 30.5. The first-order valence-corrected chi connectivity index (χ1v) is 8.17. The van der Waals surface area contributed by atoms with Gasteiger partial charge in [-0.2, -0.15) is 0 Å². The van der Waals surface area contributed by atoms with E-state index in [1.165, 1.54) is 6.42 Å². The summed E-state index contributed by atoms with van der Waals surface area (Å²) < 4.78 is 0. The number of fused-ring (bicyclic) bond motifs is 2. The van der Waals surface area contributed by atoms with E-state index in [0.29, 0.717) is 30.8 Å². The highest BCUT2D eigenvalue weighted by atomic mass is 16.1. The van der Waals surface area contributed by atoms with E-state index >= 15 is 0 Å². The summed E-state index contributed by atoms with van der Waals surface area (Å²) in [5, 5.41) is 3.06. The van der Waals surface area contributed by atoms with Crippen molar-refractivity contribution in [3.63, 3.8) is 0 Å². The molecule has 2 aliphatic carbocycles. The first-order valence-electron chi connectivity index (χ1n) is 8.17. The molecule has 1 amide bonds. The van der Waals surface area contributed by atoms with Gasteiger partial charge in [-0.15, -0.1) is 0 Å². The highest BCUT2D eigenvalue weighted by molar-refractivity contribution is 5.91. The van der Waals surface area contributed by atoms with E-state index in [0.717, 1.165) is 18.4 Å². The standard InChI is InChI=1S/C17H24N4O/c1-2-20-16(18)14-12-5-6-13(8-12)15(14)17(22)21-10-11-4-3-7-19-9-11/h3-4,7,9,12-15H,2,5-6,8,10H2,1H3,(H2,18,20)(H,21,22)/t12?,13?,14-,15?/m1/s1. The van der Waals surface area contributed by atoms with Crippen LogP contribution in [0.2, 0.25) is 0 Å². The summed E-state index contributed by atoms with van der Waals surface area (Å²) in [6.07, 6.45) is 6.97. The van der Waals surface area contributed by atoms with E-state index in [1.807, 2.05) is 19.1 Å². The van der Waals surface area contributed by atoms with Crippen LogP contribution in [0.1, 0.15) is 31.7 Å². The van der Waals surface area contributed by atoms with E-state index in [2.05, 4.69) is 15.3 Å². The Bertz CT molecular complexity index is 557. The predicted octanol–water partition coefficient (Wildman–Crippen LogP) is 1.74. The number of nitrogens with two attached hydrogens (primary N) is 1. The van der Waals surface area contributed by atoms with Crippen molar-refractivity contribution in [3.8, 4) is 0 Å². The van der Waals surface area contributed by atoms with Crippen LogP contribution >= 0.6 is 0 Å². The predicted molar refractivity (Wildman–Crippen MR) is 86.1 cm³/mol. The second kappa shape index (κ2) is 6.46. The third kappa shape index (κ3) is 2.85. The van der Waals surface area contributed by atoms with E-state index < -0.39 is 0 Å². The van der Waals surface area contributed by atoms with Crippen molar-refractivity contribution in [3.05, 3.63) is 30.1 Å². The third-order valence-corrected chi connectivity index (χ3v) is 5.09. The molecule has 2 fully saturated rings. The summed E-state index contributed by atoms with van der Waals surface area (Å²) in [6.45, 7) is 3.19. The number of amidine groups is 1. The number of hydrogen-bond acceptors (Lipinski definition) is 3. The average molecular weight is 300 g/mol. The molecule has 3 unspecified atom stereocenters. The molecule has 0 aromatic carbocycles. The zero-order valence-electron chi connectivity index (χ0n) is 13.0. The van der Waals surface area contributed by atoms with Crippen molar-refractivity contribution in [1.82, 2.24) is 10.3 Å². The monoisotopic (exact) mass is 300 g/mol. The highest BCUT2D eigenvalue weighted by Crippen LogP contribution is 2.52. The second-order valence-corrected chi connectivity index (χ2v) is 6.36. The van der Waals surface area contributed by atoms with Crippen molar-refractivity contribution in [2.24, 2.45) is 34.4 Å². The number of aromatic nitrogens is 1. The Morgan fingerprint density at radius 3 is 2.86 bits per heavy atom. The molecule has 4 atom stereocenters. The van der Waals surface area contributed by atoms with Gasteiger partial charge in [0.05, 0.1) is 11.8 Å². The Morgan fingerprint density at radius 2 is 2.18 bits per heavy atom. The molecule has 0 radical (unpaired) electrons. The Hall–Kier alpha value is -1.91. The summed E-state index contributed by atoms with van der Waals surface area (Å²) in [5.74, 6) is 1.92. The minimum atomic E-state index is -0.00859.